The maximum atomic E-state index is 8.84. The van der Waals surface area contributed by atoms with Crippen LogP contribution in [-0.4, -0.2) is 36.3 Å². The summed E-state index contributed by atoms with van der Waals surface area (Å²) in [5.41, 5.74) is 3.74. The summed E-state index contributed by atoms with van der Waals surface area (Å²) in [6, 6.07) is 4.48. The molecule has 3 N–H and O–H groups in total. The third kappa shape index (κ3) is 4.10. The average Bonchev–Trinajstić information content (AvgIpc) is 3.35. The summed E-state index contributed by atoms with van der Waals surface area (Å²) < 4.78 is 2.21. The zero-order valence-corrected chi connectivity index (χ0v) is 17.7. The molecule has 9 nitrogen and oxygen atoms in total. The summed E-state index contributed by atoms with van der Waals surface area (Å²) in [5, 5.41) is 22.7. The Morgan fingerprint density at radius 1 is 1.26 bits per heavy atom. The summed E-state index contributed by atoms with van der Waals surface area (Å²) in [5.74, 6) is 2.70. The van der Waals surface area contributed by atoms with Gasteiger partial charge in [0.25, 0.3) is 0 Å². The molecule has 0 radical (unpaired) electrons. The van der Waals surface area contributed by atoms with Crippen LogP contribution in [0.2, 0.25) is 0 Å². The first-order valence-corrected chi connectivity index (χ1v) is 11.0. The Kier molecular flexibility index (Phi) is 5.28. The van der Waals surface area contributed by atoms with E-state index in [0.29, 0.717) is 42.3 Å². The minimum Gasteiger partial charge on any atom is -0.388 e. The number of imidazole rings is 1. The van der Waals surface area contributed by atoms with Crippen LogP contribution in [-0.2, 0) is 0 Å². The lowest BCUT2D eigenvalue weighted by Crippen LogP contribution is -2.31. The maximum Gasteiger partial charge on any atom is 0.197 e. The van der Waals surface area contributed by atoms with Crippen LogP contribution in [0, 0.1) is 30.1 Å². The number of fused-ring (bicyclic) bond motifs is 2. The third-order valence-electron chi connectivity index (χ3n) is 6.44. The summed E-state index contributed by atoms with van der Waals surface area (Å²) in [6.45, 7) is 2.67. The van der Waals surface area contributed by atoms with Crippen molar-refractivity contribution in [3.8, 4) is 6.07 Å². The predicted molar refractivity (Wildman–Crippen MR) is 117 cm³/mol. The van der Waals surface area contributed by atoms with Gasteiger partial charge >= 0.3 is 0 Å². The van der Waals surface area contributed by atoms with Gasteiger partial charge in [0, 0.05) is 30.0 Å². The quantitative estimate of drug-likeness (QED) is 0.523. The number of aromatic nitrogens is 6. The number of hydrogen-bond donors (Lipinski definition) is 3. The lowest BCUT2D eigenvalue weighted by Gasteiger charge is -2.39. The number of nitriles is 1. The zero-order chi connectivity index (χ0) is 21.2. The van der Waals surface area contributed by atoms with Crippen LogP contribution >= 0.6 is 0 Å². The van der Waals surface area contributed by atoms with E-state index in [4.69, 9.17) is 10.2 Å². The predicted octanol–water partition coefficient (Wildman–Crippen LogP) is 3.74. The van der Waals surface area contributed by atoms with E-state index in [1.807, 2.05) is 19.3 Å². The number of aryl methyl sites for hydroxylation is 1. The van der Waals surface area contributed by atoms with Crippen molar-refractivity contribution in [3.05, 3.63) is 36.1 Å². The molecule has 5 rings (SSSR count). The summed E-state index contributed by atoms with van der Waals surface area (Å²) in [4.78, 5) is 13.8. The monoisotopic (exact) mass is 417 g/mol. The Hall–Kier alpha value is -3.41. The zero-order valence-electron chi connectivity index (χ0n) is 17.7. The SMILES string of the molecule is Cc1cc(Nc2cnc3ncn([C@H]4CCC(NCCC#N)=CC5CCC5C4)c3n2)n[nH]1. The van der Waals surface area contributed by atoms with Crippen molar-refractivity contribution in [1.82, 2.24) is 35.0 Å². The molecule has 0 saturated heterocycles. The van der Waals surface area contributed by atoms with Crippen molar-refractivity contribution >= 4 is 22.9 Å². The van der Waals surface area contributed by atoms with E-state index >= 15 is 0 Å². The van der Waals surface area contributed by atoms with Crippen molar-refractivity contribution in [2.45, 2.75) is 51.5 Å². The number of anilines is 2. The number of nitrogens with zero attached hydrogens (tertiary/aromatic N) is 6. The molecule has 9 heteroatoms. The highest BCUT2D eigenvalue weighted by Gasteiger charge is 2.34. The van der Waals surface area contributed by atoms with Crippen molar-refractivity contribution < 1.29 is 0 Å². The van der Waals surface area contributed by atoms with E-state index in [9.17, 15) is 0 Å². The number of H-pyrrole nitrogens is 1. The normalized spacial score (nSPS) is 23.1. The van der Waals surface area contributed by atoms with Gasteiger partial charge in [0.2, 0.25) is 0 Å². The lowest BCUT2D eigenvalue weighted by molar-refractivity contribution is 0.172. The molecule has 3 aromatic rings. The molecule has 0 amide bonds. The molecule has 0 aliphatic heterocycles. The summed E-state index contributed by atoms with van der Waals surface area (Å²) >= 11 is 0. The first kappa shape index (κ1) is 19.5. The van der Waals surface area contributed by atoms with E-state index < -0.39 is 0 Å². The fourth-order valence-electron chi connectivity index (χ4n) is 4.67. The van der Waals surface area contributed by atoms with E-state index in [2.05, 4.69) is 47.5 Å². The molecule has 160 valence electrons. The highest BCUT2D eigenvalue weighted by atomic mass is 15.2. The Labute approximate surface area is 181 Å². The van der Waals surface area contributed by atoms with Crippen LogP contribution in [0.3, 0.4) is 0 Å². The average molecular weight is 418 g/mol. The van der Waals surface area contributed by atoms with E-state index in [0.717, 1.165) is 36.4 Å². The minimum atomic E-state index is 0.330. The molecule has 1 saturated carbocycles. The molecule has 2 unspecified atom stereocenters. The highest BCUT2D eigenvalue weighted by molar-refractivity contribution is 5.69. The lowest BCUT2D eigenvalue weighted by atomic mass is 9.68. The Morgan fingerprint density at radius 3 is 2.97 bits per heavy atom. The Bertz CT molecular complexity index is 1140. The minimum absolute atomic E-state index is 0.330. The highest BCUT2D eigenvalue weighted by Crippen LogP contribution is 2.44. The van der Waals surface area contributed by atoms with Crippen LogP contribution in [0.1, 0.15) is 50.3 Å². The maximum absolute atomic E-state index is 8.84. The van der Waals surface area contributed by atoms with Gasteiger partial charge in [-0.25, -0.2) is 15.0 Å². The second-order valence-electron chi connectivity index (χ2n) is 8.57. The number of hydrogen-bond acceptors (Lipinski definition) is 7. The van der Waals surface area contributed by atoms with Gasteiger partial charge in [-0.3, -0.25) is 5.10 Å². The molecule has 3 aromatic heterocycles. The van der Waals surface area contributed by atoms with Crippen LogP contribution in [0.25, 0.3) is 11.3 Å². The molecule has 31 heavy (non-hydrogen) atoms. The molecule has 2 aliphatic carbocycles. The summed E-state index contributed by atoms with van der Waals surface area (Å²) in [7, 11) is 0. The van der Waals surface area contributed by atoms with E-state index in [1.165, 1.54) is 18.5 Å². The Morgan fingerprint density at radius 2 is 2.19 bits per heavy atom. The molecule has 2 aliphatic rings. The van der Waals surface area contributed by atoms with E-state index in [1.54, 1.807) is 6.20 Å². The fraction of sp³-hybridized carbons (Fsp3) is 0.500. The molecular formula is C22H27N9. The van der Waals surface area contributed by atoms with Gasteiger partial charge in [-0.1, -0.05) is 6.08 Å². The molecule has 0 aromatic carbocycles. The summed E-state index contributed by atoms with van der Waals surface area (Å²) in [6.07, 6.45) is 12.2. The van der Waals surface area contributed by atoms with Crippen LogP contribution in [0.15, 0.2) is 30.4 Å². The molecule has 0 spiro atoms. The van der Waals surface area contributed by atoms with Gasteiger partial charge < -0.3 is 15.2 Å². The number of nitrogens with one attached hydrogen (secondary N) is 3. The largest absolute Gasteiger partial charge is 0.388 e. The van der Waals surface area contributed by atoms with E-state index in [-0.39, 0.29) is 0 Å². The van der Waals surface area contributed by atoms with Gasteiger partial charge in [-0.05, 0) is 50.9 Å². The molecule has 0 bridgehead atoms. The number of allylic oxidation sites excluding steroid dienone is 2. The van der Waals surface area contributed by atoms with Crippen molar-refractivity contribution in [1.29, 1.82) is 5.26 Å². The number of rotatable bonds is 6. The van der Waals surface area contributed by atoms with Gasteiger partial charge in [0.1, 0.15) is 0 Å². The third-order valence-corrected chi connectivity index (χ3v) is 6.44. The van der Waals surface area contributed by atoms with Crippen LogP contribution in [0.5, 0.6) is 0 Å². The topological polar surface area (TPSA) is 120 Å². The van der Waals surface area contributed by atoms with Gasteiger partial charge in [-0.15, -0.1) is 0 Å². The van der Waals surface area contributed by atoms with Crippen LogP contribution in [0.4, 0.5) is 11.6 Å². The van der Waals surface area contributed by atoms with Crippen molar-refractivity contribution in [2.75, 3.05) is 11.9 Å². The molecule has 3 heterocycles. The van der Waals surface area contributed by atoms with Gasteiger partial charge in [0.15, 0.2) is 22.9 Å². The Balaban J connectivity index is 1.38. The fourth-order valence-corrected chi connectivity index (χ4v) is 4.67. The van der Waals surface area contributed by atoms with Crippen molar-refractivity contribution in [3.63, 3.8) is 0 Å². The standard InChI is InChI=1S/C22H27N9/c1-14-9-19(30-29-14)27-20-12-25-21-22(28-20)31(13-26-21)18-6-5-17(24-8-2-7-23)10-15-3-4-16(15)11-18/h9-10,12-13,15-16,18,24H,2-6,8,11H2,1H3,(H2,27,28,29,30)/t15?,16?,18-/m0/s1. The van der Waals surface area contributed by atoms with Gasteiger partial charge in [0.05, 0.1) is 25.0 Å². The van der Waals surface area contributed by atoms with Crippen LogP contribution < -0.4 is 10.6 Å². The van der Waals surface area contributed by atoms with Gasteiger partial charge in [-0.2, -0.15) is 10.4 Å². The number of aromatic amines is 1. The first-order valence-electron chi connectivity index (χ1n) is 11.0. The molecular weight excluding hydrogens is 390 g/mol. The second-order valence-corrected chi connectivity index (χ2v) is 8.57. The smallest absolute Gasteiger partial charge is 0.197 e. The molecule has 1 fully saturated rings. The van der Waals surface area contributed by atoms with Crippen molar-refractivity contribution in [2.24, 2.45) is 11.8 Å². The molecule has 3 atom stereocenters. The second kappa shape index (κ2) is 8.38. The first-order chi connectivity index (χ1) is 15.2.